The molecule has 1 N–H and O–H groups in total. The molecule has 0 bridgehead atoms. The number of nitriles is 1. The molecule has 2 rings (SSSR count). The first-order valence-electron chi connectivity index (χ1n) is 6.04. The third kappa shape index (κ3) is 3.65. The number of halogens is 2. The van der Waals surface area contributed by atoms with Gasteiger partial charge in [0.1, 0.15) is 6.54 Å². The predicted octanol–water partition coefficient (Wildman–Crippen LogP) is 1.42. The lowest BCUT2D eigenvalue weighted by molar-refractivity contribution is -0.267. The van der Waals surface area contributed by atoms with E-state index in [9.17, 15) is 13.6 Å². The summed E-state index contributed by atoms with van der Waals surface area (Å²) in [6.07, 6.45) is -3.28. The van der Waals surface area contributed by atoms with Gasteiger partial charge < -0.3 is 15.0 Å². The van der Waals surface area contributed by atoms with Gasteiger partial charge in [-0.15, -0.1) is 0 Å². The average molecular weight is 281 g/mol. The molecule has 1 aliphatic heterocycles. The van der Waals surface area contributed by atoms with Crippen molar-refractivity contribution in [3.05, 3.63) is 29.8 Å². The molecule has 1 fully saturated rings. The highest BCUT2D eigenvalue weighted by Crippen LogP contribution is 2.21. The number of ether oxygens (including phenoxy) is 1. The number of nitrogens with one attached hydrogen (secondary N) is 1. The molecule has 1 amide bonds. The number of alkyl halides is 2. The zero-order valence-corrected chi connectivity index (χ0v) is 10.6. The van der Waals surface area contributed by atoms with Crippen LogP contribution in [-0.4, -0.2) is 43.2 Å². The number of hydrogen-bond acceptors (Lipinski definition) is 4. The van der Waals surface area contributed by atoms with Crippen molar-refractivity contribution in [3.63, 3.8) is 0 Å². The lowest BCUT2D eigenvalue weighted by Gasteiger charge is -2.32. The van der Waals surface area contributed by atoms with Crippen molar-refractivity contribution in [3.8, 4) is 6.07 Å². The van der Waals surface area contributed by atoms with Crippen LogP contribution in [0.25, 0.3) is 0 Å². The zero-order chi connectivity index (χ0) is 14.6. The second-order valence-corrected chi connectivity index (χ2v) is 4.34. The van der Waals surface area contributed by atoms with Crippen molar-refractivity contribution >= 4 is 11.6 Å². The minimum Gasteiger partial charge on any atom is -0.376 e. The fourth-order valence-electron chi connectivity index (χ4n) is 1.82. The molecule has 1 heterocycles. The Morgan fingerprint density at radius 2 is 2.15 bits per heavy atom. The van der Waals surface area contributed by atoms with E-state index >= 15 is 0 Å². The zero-order valence-electron chi connectivity index (χ0n) is 10.6. The molecule has 0 saturated carbocycles. The van der Waals surface area contributed by atoms with Crippen LogP contribution in [0, 0.1) is 11.3 Å². The molecule has 106 valence electrons. The molecule has 7 heteroatoms. The number of carbonyl (C=O) groups excluding carboxylic acids is 1. The molecule has 0 aromatic heterocycles. The summed E-state index contributed by atoms with van der Waals surface area (Å²) < 4.78 is 30.2. The first kappa shape index (κ1) is 14.2. The molecule has 1 aromatic carbocycles. The molecule has 0 aliphatic carbocycles. The number of amides is 1. The van der Waals surface area contributed by atoms with E-state index in [4.69, 9.17) is 5.26 Å². The average Bonchev–Trinajstić information content (AvgIpc) is 2.44. The Kier molecular flexibility index (Phi) is 4.15. The van der Waals surface area contributed by atoms with Gasteiger partial charge in [-0.3, -0.25) is 4.79 Å². The highest BCUT2D eigenvalue weighted by molar-refractivity contribution is 5.81. The Hall–Kier alpha value is -2.20. The van der Waals surface area contributed by atoms with Crippen LogP contribution in [0.1, 0.15) is 5.56 Å². The van der Waals surface area contributed by atoms with E-state index in [1.807, 2.05) is 6.07 Å². The number of hydrogen-bond donors (Lipinski definition) is 1. The highest BCUT2D eigenvalue weighted by atomic mass is 19.3. The number of benzene rings is 1. The van der Waals surface area contributed by atoms with Gasteiger partial charge in [0, 0.05) is 12.2 Å². The molecule has 1 saturated heterocycles. The summed E-state index contributed by atoms with van der Waals surface area (Å²) in [6.45, 7) is -0.818. The largest absolute Gasteiger partial charge is 0.376 e. The van der Waals surface area contributed by atoms with Gasteiger partial charge in [-0.1, -0.05) is 0 Å². The first-order valence-corrected chi connectivity index (χ1v) is 6.04. The normalized spacial score (nSPS) is 17.4. The van der Waals surface area contributed by atoms with Crippen LogP contribution in [-0.2, 0) is 9.53 Å². The molecule has 20 heavy (non-hydrogen) atoms. The SMILES string of the molecule is N#Cc1ccc(NCC(=O)N2CCOC(F)(F)C2)cc1. The van der Waals surface area contributed by atoms with Crippen LogP contribution in [0.5, 0.6) is 0 Å². The Morgan fingerprint density at radius 1 is 1.45 bits per heavy atom. The Morgan fingerprint density at radius 3 is 2.75 bits per heavy atom. The van der Waals surface area contributed by atoms with Crippen LogP contribution < -0.4 is 5.32 Å². The van der Waals surface area contributed by atoms with Gasteiger partial charge in [-0.25, -0.2) is 0 Å². The third-order valence-corrected chi connectivity index (χ3v) is 2.86. The topological polar surface area (TPSA) is 65.4 Å². The van der Waals surface area contributed by atoms with Gasteiger partial charge in [0.05, 0.1) is 24.8 Å². The van der Waals surface area contributed by atoms with E-state index in [0.29, 0.717) is 11.3 Å². The lowest BCUT2D eigenvalue weighted by atomic mass is 10.2. The molecule has 1 aromatic rings. The molecular weight excluding hydrogens is 268 g/mol. The van der Waals surface area contributed by atoms with Gasteiger partial charge in [0.2, 0.25) is 5.91 Å². The summed E-state index contributed by atoms with van der Waals surface area (Å²) in [5.41, 5.74) is 1.16. The van der Waals surface area contributed by atoms with E-state index in [2.05, 4.69) is 10.1 Å². The van der Waals surface area contributed by atoms with Crippen molar-refractivity contribution < 1.29 is 18.3 Å². The van der Waals surface area contributed by atoms with Crippen LogP contribution in [0.4, 0.5) is 14.5 Å². The smallest absolute Gasteiger partial charge is 0.373 e. The summed E-state index contributed by atoms with van der Waals surface area (Å²) in [7, 11) is 0. The third-order valence-electron chi connectivity index (χ3n) is 2.86. The number of nitrogens with zero attached hydrogens (tertiary/aromatic N) is 2. The van der Waals surface area contributed by atoms with Crippen LogP contribution in [0.15, 0.2) is 24.3 Å². The quantitative estimate of drug-likeness (QED) is 0.910. The number of anilines is 1. The van der Waals surface area contributed by atoms with Crippen molar-refractivity contribution in [2.45, 2.75) is 6.11 Å². The van der Waals surface area contributed by atoms with Crippen molar-refractivity contribution in [2.75, 3.05) is 31.6 Å². The molecule has 0 spiro atoms. The summed E-state index contributed by atoms with van der Waals surface area (Å²) in [6, 6.07) is 8.50. The predicted molar refractivity (Wildman–Crippen MR) is 67.1 cm³/mol. The molecule has 0 atom stereocenters. The Balaban J connectivity index is 1.87. The first-order chi connectivity index (χ1) is 9.50. The second-order valence-electron chi connectivity index (χ2n) is 4.34. The summed E-state index contributed by atoms with van der Waals surface area (Å²) in [5, 5.41) is 11.5. The maximum Gasteiger partial charge on any atom is 0.373 e. The molecule has 5 nitrogen and oxygen atoms in total. The Labute approximate surface area is 114 Å². The van der Waals surface area contributed by atoms with E-state index in [-0.39, 0.29) is 19.7 Å². The van der Waals surface area contributed by atoms with Crippen molar-refractivity contribution in [1.82, 2.24) is 4.90 Å². The van der Waals surface area contributed by atoms with E-state index in [1.54, 1.807) is 24.3 Å². The number of carbonyl (C=O) groups is 1. The monoisotopic (exact) mass is 281 g/mol. The summed E-state index contributed by atoms with van der Waals surface area (Å²) >= 11 is 0. The lowest BCUT2D eigenvalue weighted by Crippen LogP contribution is -2.50. The van der Waals surface area contributed by atoms with Crippen molar-refractivity contribution in [1.29, 1.82) is 5.26 Å². The maximum atomic E-state index is 13.0. The van der Waals surface area contributed by atoms with Gasteiger partial charge in [-0.2, -0.15) is 14.0 Å². The van der Waals surface area contributed by atoms with Gasteiger partial charge in [0.15, 0.2) is 0 Å². The van der Waals surface area contributed by atoms with Crippen LogP contribution in [0.2, 0.25) is 0 Å². The standard InChI is InChI=1S/C13H13F2N3O2/c14-13(15)9-18(5-6-20-13)12(19)8-17-11-3-1-10(7-16)2-4-11/h1-4,17H,5-6,8-9H2. The van der Waals surface area contributed by atoms with E-state index in [1.165, 1.54) is 0 Å². The fourth-order valence-corrected chi connectivity index (χ4v) is 1.82. The molecule has 0 unspecified atom stereocenters. The van der Waals surface area contributed by atoms with Crippen LogP contribution in [0.3, 0.4) is 0 Å². The van der Waals surface area contributed by atoms with Gasteiger partial charge >= 0.3 is 6.11 Å². The summed E-state index contributed by atoms with van der Waals surface area (Å²) in [5.74, 6) is -0.419. The minimum absolute atomic E-state index is 0.0814. The summed E-state index contributed by atoms with van der Waals surface area (Å²) in [4.78, 5) is 12.9. The second kappa shape index (κ2) is 5.84. The van der Waals surface area contributed by atoms with Gasteiger partial charge in [-0.05, 0) is 24.3 Å². The molecular formula is C13H13F2N3O2. The molecule has 1 aliphatic rings. The van der Waals surface area contributed by atoms with Crippen LogP contribution >= 0.6 is 0 Å². The van der Waals surface area contributed by atoms with Crippen molar-refractivity contribution in [2.24, 2.45) is 0 Å². The van der Waals surface area contributed by atoms with E-state index in [0.717, 1.165) is 4.90 Å². The Bertz CT molecular complexity index is 525. The molecule has 0 radical (unpaired) electrons. The van der Waals surface area contributed by atoms with Gasteiger partial charge in [0.25, 0.3) is 0 Å². The highest BCUT2D eigenvalue weighted by Gasteiger charge is 2.38. The minimum atomic E-state index is -3.28. The number of rotatable bonds is 3. The fraction of sp³-hybridized carbons (Fsp3) is 0.385. The number of morpholine rings is 1. The van der Waals surface area contributed by atoms with E-state index < -0.39 is 18.6 Å². The maximum absolute atomic E-state index is 13.0.